The SMILES string of the molecule is CC(=O)OC[C@H]1O[C@@H](n2cnc3c(Br)nc(N(Cc4ccccc4Br)C(C)=O)nc32)[C@H](OC(C)=O)[C@@H]1OC(C)=O. The first-order valence-electron chi connectivity index (χ1n) is 12.0. The standard InChI is InChI=1S/C25H25Br2N5O8/c1-12(33)31(9-16-7-5-6-8-17(16)26)25-29-22(27)19-23(30-25)32(11-28-19)24-21(39-15(4)36)20(38-14(3)35)18(40-24)10-37-13(2)34/h5-8,11,18,20-21,24H,9-10H2,1-4H3/t18-,20-,21-,24-/m1/s1. The molecule has 0 saturated carbocycles. The third kappa shape index (κ3) is 6.47. The Morgan fingerprint density at radius 1 is 0.975 bits per heavy atom. The van der Waals surface area contributed by atoms with Gasteiger partial charge in [0.1, 0.15) is 22.8 Å². The van der Waals surface area contributed by atoms with Crippen molar-refractivity contribution in [3.8, 4) is 0 Å². The summed E-state index contributed by atoms with van der Waals surface area (Å²) in [4.78, 5) is 63.0. The number of rotatable bonds is 8. The zero-order chi connectivity index (χ0) is 29.1. The van der Waals surface area contributed by atoms with Crippen molar-refractivity contribution in [2.24, 2.45) is 0 Å². The molecule has 1 fully saturated rings. The lowest BCUT2D eigenvalue weighted by atomic mass is 10.1. The van der Waals surface area contributed by atoms with Crippen molar-refractivity contribution in [2.45, 2.75) is 58.8 Å². The summed E-state index contributed by atoms with van der Waals surface area (Å²) in [7, 11) is 0. The van der Waals surface area contributed by atoms with E-state index in [9.17, 15) is 19.2 Å². The maximum atomic E-state index is 12.7. The number of imidazole rings is 1. The van der Waals surface area contributed by atoms with E-state index in [1.165, 1.54) is 43.5 Å². The molecule has 0 spiro atoms. The number of carbonyl (C=O) groups is 4. The third-order valence-electron chi connectivity index (χ3n) is 5.89. The van der Waals surface area contributed by atoms with E-state index in [2.05, 4.69) is 46.8 Å². The minimum absolute atomic E-state index is 0.0828. The average molecular weight is 683 g/mol. The first kappa shape index (κ1) is 29.6. The molecule has 0 bridgehead atoms. The molecule has 1 aromatic carbocycles. The van der Waals surface area contributed by atoms with Crippen LogP contribution in [0.4, 0.5) is 5.95 Å². The van der Waals surface area contributed by atoms with Gasteiger partial charge < -0.3 is 18.9 Å². The van der Waals surface area contributed by atoms with Crippen LogP contribution in [0.5, 0.6) is 0 Å². The molecule has 3 heterocycles. The second kappa shape index (κ2) is 12.4. The Hall–Kier alpha value is -3.43. The monoisotopic (exact) mass is 681 g/mol. The van der Waals surface area contributed by atoms with E-state index in [-0.39, 0.29) is 30.7 Å². The first-order chi connectivity index (χ1) is 19.0. The highest BCUT2D eigenvalue weighted by atomic mass is 79.9. The van der Waals surface area contributed by atoms with Gasteiger partial charge in [-0.25, -0.2) is 9.97 Å². The maximum absolute atomic E-state index is 12.7. The highest BCUT2D eigenvalue weighted by molar-refractivity contribution is 9.10. The Morgan fingerprint density at radius 2 is 1.65 bits per heavy atom. The van der Waals surface area contributed by atoms with Gasteiger partial charge in [-0.05, 0) is 27.6 Å². The number of anilines is 1. The van der Waals surface area contributed by atoms with Gasteiger partial charge in [0, 0.05) is 32.2 Å². The molecule has 3 aromatic rings. The smallest absolute Gasteiger partial charge is 0.303 e. The molecule has 0 unspecified atom stereocenters. The van der Waals surface area contributed by atoms with Crippen molar-refractivity contribution in [3.05, 3.63) is 45.2 Å². The number of benzene rings is 1. The number of amides is 1. The summed E-state index contributed by atoms with van der Waals surface area (Å²) in [5, 5.41) is 0. The highest BCUT2D eigenvalue weighted by Gasteiger charge is 2.51. The van der Waals surface area contributed by atoms with Crippen LogP contribution in [-0.2, 0) is 44.7 Å². The summed E-state index contributed by atoms with van der Waals surface area (Å²) < 4.78 is 24.8. The summed E-state index contributed by atoms with van der Waals surface area (Å²) in [5.74, 6) is -2.09. The van der Waals surface area contributed by atoms with Gasteiger partial charge in [-0.1, -0.05) is 34.1 Å². The molecule has 1 amide bonds. The lowest BCUT2D eigenvalue weighted by molar-refractivity contribution is -0.166. The van der Waals surface area contributed by atoms with E-state index >= 15 is 0 Å². The molecule has 40 heavy (non-hydrogen) atoms. The molecular weight excluding hydrogens is 658 g/mol. The van der Waals surface area contributed by atoms with Crippen molar-refractivity contribution >= 4 is 72.8 Å². The molecular formula is C25H25Br2N5O8. The quantitative estimate of drug-likeness (QED) is 0.196. The van der Waals surface area contributed by atoms with Crippen LogP contribution in [0.15, 0.2) is 39.7 Å². The molecule has 1 aliphatic rings. The average Bonchev–Trinajstić information content (AvgIpc) is 3.43. The van der Waals surface area contributed by atoms with Gasteiger partial charge in [0.25, 0.3) is 0 Å². The van der Waals surface area contributed by atoms with Gasteiger partial charge in [0.15, 0.2) is 24.1 Å². The van der Waals surface area contributed by atoms with Crippen molar-refractivity contribution in [1.82, 2.24) is 19.5 Å². The number of carbonyl (C=O) groups excluding carboxylic acids is 4. The molecule has 2 aromatic heterocycles. The molecule has 15 heteroatoms. The van der Waals surface area contributed by atoms with Crippen molar-refractivity contribution < 1.29 is 38.1 Å². The molecule has 0 aliphatic carbocycles. The Kier molecular flexibility index (Phi) is 9.15. The summed E-state index contributed by atoms with van der Waals surface area (Å²) in [5.41, 5.74) is 1.41. The molecule has 1 aliphatic heterocycles. The summed E-state index contributed by atoms with van der Waals surface area (Å²) in [6, 6.07) is 7.45. The summed E-state index contributed by atoms with van der Waals surface area (Å²) in [6.45, 7) is 4.95. The zero-order valence-electron chi connectivity index (χ0n) is 21.9. The number of hydrogen-bond donors (Lipinski definition) is 0. The van der Waals surface area contributed by atoms with Gasteiger partial charge >= 0.3 is 17.9 Å². The van der Waals surface area contributed by atoms with Gasteiger partial charge in [-0.15, -0.1) is 0 Å². The van der Waals surface area contributed by atoms with Gasteiger partial charge in [0.05, 0.1) is 12.9 Å². The number of fused-ring (bicyclic) bond motifs is 1. The fourth-order valence-corrected chi connectivity index (χ4v) is 5.06. The predicted molar refractivity (Wildman–Crippen MR) is 146 cm³/mol. The van der Waals surface area contributed by atoms with E-state index in [4.69, 9.17) is 18.9 Å². The lowest BCUT2D eigenvalue weighted by Gasteiger charge is -2.24. The number of halogens is 2. The van der Waals surface area contributed by atoms with Gasteiger partial charge in [-0.3, -0.25) is 28.6 Å². The minimum Gasteiger partial charge on any atom is -0.463 e. The van der Waals surface area contributed by atoms with Crippen LogP contribution in [0.2, 0.25) is 0 Å². The molecule has 4 atom stereocenters. The highest BCUT2D eigenvalue weighted by Crippen LogP contribution is 2.37. The van der Waals surface area contributed by atoms with Gasteiger partial charge in [0.2, 0.25) is 11.9 Å². The number of esters is 3. The van der Waals surface area contributed by atoms with Crippen LogP contribution >= 0.6 is 31.9 Å². The Labute approximate surface area is 245 Å². The normalized spacial score (nSPS) is 20.2. The number of aromatic nitrogens is 4. The lowest BCUT2D eigenvalue weighted by Crippen LogP contribution is -2.40. The van der Waals surface area contributed by atoms with Crippen molar-refractivity contribution in [2.75, 3.05) is 11.5 Å². The Bertz CT molecular complexity index is 1460. The molecule has 1 saturated heterocycles. The Balaban J connectivity index is 1.78. The number of nitrogens with zero attached hydrogens (tertiary/aromatic N) is 5. The molecule has 4 rings (SSSR count). The van der Waals surface area contributed by atoms with Gasteiger partial charge in [-0.2, -0.15) is 4.98 Å². The van der Waals surface area contributed by atoms with Crippen molar-refractivity contribution in [3.63, 3.8) is 0 Å². The maximum Gasteiger partial charge on any atom is 0.303 e. The van der Waals surface area contributed by atoms with E-state index in [1.807, 2.05) is 24.3 Å². The second-order valence-electron chi connectivity index (χ2n) is 8.85. The van der Waals surface area contributed by atoms with E-state index in [0.29, 0.717) is 10.1 Å². The van der Waals surface area contributed by atoms with Crippen LogP contribution in [0.25, 0.3) is 11.2 Å². The van der Waals surface area contributed by atoms with E-state index in [1.54, 1.807) is 0 Å². The zero-order valence-corrected chi connectivity index (χ0v) is 25.0. The number of ether oxygens (including phenoxy) is 4. The van der Waals surface area contributed by atoms with Crippen LogP contribution in [-0.4, -0.2) is 68.3 Å². The molecule has 0 N–H and O–H groups in total. The molecule has 13 nitrogen and oxygen atoms in total. The summed E-state index contributed by atoms with van der Waals surface area (Å²) in [6.07, 6.45) is -2.88. The molecule has 0 radical (unpaired) electrons. The first-order valence-corrected chi connectivity index (χ1v) is 13.6. The van der Waals surface area contributed by atoms with Crippen molar-refractivity contribution in [1.29, 1.82) is 0 Å². The number of hydrogen-bond acceptors (Lipinski definition) is 11. The fourth-order valence-electron chi connectivity index (χ4n) is 4.21. The van der Waals surface area contributed by atoms with Crippen LogP contribution in [0.3, 0.4) is 0 Å². The second-order valence-corrected chi connectivity index (χ2v) is 10.5. The van der Waals surface area contributed by atoms with E-state index < -0.39 is 42.4 Å². The largest absolute Gasteiger partial charge is 0.463 e. The Morgan fingerprint density at radius 3 is 2.27 bits per heavy atom. The van der Waals surface area contributed by atoms with Crippen LogP contribution in [0, 0.1) is 0 Å². The van der Waals surface area contributed by atoms with Crippen LogP contribution < -0.4 is 4.90 Å². The summed E-state index contributed by atoms with van der Waals surface area (Å²) >= 11 is 6.91. The fraction of sp³-hybridized carbons (Fsp3) is 0.400. The predicted octanol–water partition coefficient (Wildman–Crippen LogP) is 3.23. The minimum atomic E-state index is -1.14. The van der Waals surface area contributed by atoms with Crippen LogP contribution in [0.1, 0.15) is 39.5 Å². The topological polar surface area (TPSA) is 152 Å². The van der Waals surface area contributed by atoms with E-state index in [0.717, 1.165) is 10.0 Å². The molecule has 212 valence electrons. The third-order valence-corrected chi connectivity index (χ3v) is 7.22.